The number of carbonyl (C=O) groups excluding carboxylic acids is 1. The minimum absolute atomic E-state index is 0.152. The first-order chi connectivity index (χ1) is 21.5. The van der Waals surface area contributed by atoms with E-state index in [1.165, 1.54) is 6.07 Å². The molecule has 0 bridgehead atoms. The summed E-state index contributed by atoms with van der Waals surface area (Å²) in [6, 6.07) is 11.6. The Hall–Kier alpha value is -3.99. The Morgan fingerprint density at radius 2 is 2.00 bits per heavy atom. The fraction of sp³-hybridized carbons (Fsp3) is 0.353. The molecule has 8 nitrogen and oxygen atoms in total. The van der Waals surface area contributed by atoms with E-state index in [0.717, 1.165) is 84.3 Å². The highest BCUT2D eigenvalue weighted by Gasteiger charge is 2.21. The number of rotatable bonds is 15. The summed E-state index contributed by atoms with van der Waals surface area (Å²) in [5.74, 6) is 0.245. The van der Waals surface area contributed by atoms with Crippen LogP contribution in [0.3, 0.4) is 0 Å². The molecule has 0 atom stereocenters. The molecule has 1 saturated heterocycles. The Labute approximate surface area is 262 Å². The van der Waals surface area contributed by atoms with Crippen molar-refractivity contribution in [3.63, 3.8) is 0 Å². The first-order valence-electron chi connectivity index (χ1n) is 15.1. The number of aryl methyl sites for hydroxylation is 1. The third-order valence-electron chi connectivity index (χ3n) is 7.56. The van der Waals surface area contributed by atoms with Gasteiger partial charge >= 0.3 is 0 Å². The van der Waals surface area contributed by atoms with Crippen LogP contribution in [0.4, 0.5) is 10.1 Å². The quantitative estimate of drug-likeness (QED) is 0.0863. The molecule has 1 aromatic carbocycles. The Morgan fingerprint density at radius 3 is 2.66 bits per heavy atom. The summed E-state index contributed by atoms with van der Waals surface area (Å²) in [6.07, 6.45) is 10.6. The third-order valence-corrected chi connectivity index (χ3v) is 8.84. The van der Waals surface area contributed by atoms with E-state index in [-0.39, 0.29) is 5.75 Å². The van der Waals surface area contributed by atoms with Crippen molar-refractivity contribution in [2.24, 2.45) is 0 Å². The number of benzene rings is 1. The largest absolute Gasteiger partial charge is 0.461 e. The maximum absolute atomic E-state index is 14.9. The topological polar surface area (TPSA) is 79.0 Å². The standard InChI is InChI=1S/C34H40FN5O3S/c1-4-6-28(22-42-23-41)40-16-14-39(15-17-40)21-25-8-12-30(36-20-25)33-18-24(3)34(44-33)32(7-5-2)43-31-13-11-27(19-29(31)35)38-37-26-9-10-26/h5-8,11-13,18-20,23,26,37-38H,2,4,9-10,14-17,21-22H2,1,3H3/b28-6+,32-7+. The van der Waals surface area contributed by atoms with E-state index in [2.05, 4.69) is 58.4 Å². The second kappa shape index (κ2) is 15.1. The van der Waals surface area contributed by atoms with Crippen molar-refractivity contribution in [2.45, 2.75) is 45.7 Å². The molecule has 1 aliphatic heterocycles. The van der Waals surface area contributed by atoms with E-state index >= 15 is 0 Å². The SMILES string of the molecule is C=C/C=C(/Oc1ccc(NNC2CC2)cc1F)c1sc(-c2ccc(CN3CCN(/C(=C/CC)COC=O)CC3)cn2)cc1C. The lowest BCUT2D eigenvalue weighted by atomic mass is 10.2. The number of anilines is 1. The zero-order valence-electron chi connectivity index (χ0n) is 25.4. The third kappa shape index (κ3) is 8.34. The van der Waals surface area contributed by atoms with Crippen LogP contribution in [0, 0.1) is 12.7 Å². The molecule has 5 rings (SSSR count). The molecule has 1 saturated carbocycles. The molecule has 2 aliphatic rings. The summed E-state index contributed by atoms with van der Waals surface area (Å²) in [6.45, 7) is 13.2. The lowest BCUT2D eigenvalue weighted by Crippen LogP contribution is -2.45. The number of nitrogens with one attached hydrogen (secondary N) is 2. The van der Waals surface area contributed by atoms with E-state index in [9.17, 15) is 9.18 Å². The average molecular weight is 618 g/mol. The van der Waals surface area contributed by atoms with E-state index in [4.69, 9.17) is 14.5 Å². The molecule has 10 heteroatoms. The smallest absolute Gasteiger partial charge is 0.293 e. The van der Waals surface area contributed by atoms with E-state index in [1.54, 1.807) is 35.6 Å². The lowest BCUT2D eigenvalue weighted by Gasteiger charge is -2.37. The molecule has 1 aliphatic carbocycles. The zero-order valence-corrected chi connectivity index (χ0v) is 26.2. The van der Waals surface area contributed by atoms with E-state index in [0.29, 0.717) is 30.6 Å². The maximum atomic E-state index is 14.9. The number of hydrogen-bond donors (Lipinski definition) is 2. The number of piperazine rings is 1. The van der Waals surface area contributed by atoms with Crippen molar-refractivity contribution in [2.75, 3.05) is 38.2 Å². The highest BCUT2D eigenvalue weighted by Crippen LogP contribution is 2.36. The van der Waals surface area contributed by atoms with Gasteiger partial charge in [-0.15, -0.1) is 11.3 Å². The van der Waals surface area contributed by atoms with Crippen LogP contribution >= 0.6 is 11.3 Å². The van der Waals surface area contributed by atoms with Crippen LogP contribution in [0.1, 0.15) is 42.2 Å². The van der Waals surface area contributed by atoms with Gasteiger partial charge in [0.25, 0.3) is 6.47 Å². The summed E-state index contributed by atoms with van der Waals surface area (Å²) in [4.78, 5) is 22.1. The fourth-order valence-corrected chi connectivity index (χ4v) is 6.17. The first kappa shape index (κ1) is 31.4. The van der Waals surface area contributed by atoms with Crippen molar-refractivity contribution in [1.82, 2.24) is 20.2 Å². The first-order valence-corrected chi connectivity index (χ1v) is 15.9. The molecule has 2 fully saturated rings. The highest BCUT2D eigenvalue weighted by molar-refractivity contribution is 7.16. The second-order valence-corrected chi connectivity index (χ2v) is 12.1. The summed E-state index contributed by atoms with van der Waals surface area (Å²) in [7, 11) is 0. The van der Waals surface area contributed by atoms with Gasteiger partial charge in [-0.3, -0.25) is 14.7 Å². The molecule has 44 heavy (non-hydrogen) atoms. The number of carbonyl (C=O) groups is 1. The molecule has 0 unspecified atom stereocenters. The molecular formula is C34H40FN5O3S. The monoisotopic (exact) mass is 617 g/mol. The number of hydrogen-bond acceptors (Lipinski definition) is 9. The molecule has 0 radical (unpaired) electrons. The van der Waals surface area contributed by atoms with Gasteiger partial charge in [0, 0.05) is 56.7 Å². The molecule has 0 spiro atoms. The van der Waals surface area contributed by atoms with Crippen LogP contribution in [0.25, 0.3) is 16.3 Å². The Morgan fingerprint density at radius 1 is 1.18 bits per heavy atom. The Kier molecular flexibility index (Phi) is 10.8. The van der Waals surface area contributed by atoms with E-state index in [1.807, 2.05) is 13.1 Å². The van der Waals surface area contributed by atoms with Gasteiger partial charge in [-0.1, -0.05) is 31.7 Å². The van der Waals surface area contributed by atoms with E-state index < -0.39 is 5.82 Å². The number of allylic oxidation sites excluding steroid dienone is 3. The highest BCUT2D eigenvalue weighted by atomic mass is 32.1. The van der Waals surface area contributed by atoms with Gasteiger partial charge in [0.1, 0.15) is 12.4 Å². The summed E-state index contributed by atoms with van der Waals surface area (Å²) in [5.41, 5.74) is 11.0. The van der Waals surface area contributed by atoms with Gasteiger partial charge in [-0.25, -0.2) is 9.82 Å². The van der Waals surface area contributed by atoms with Gasteiger partial charge in [0.15, 0.2) is 11.6 Å². The van der Waals surface area contributed by atoms with Crippen LogP contribution < -0.4 is 15.6 Å². The van der Waals surface area contributed by atoms with Crippen LogP contribution in [0.5, 0.6) is 5.75 Å². The maximum Gasteiger partial charge on any atom is 0.293 e. The molecule has 2 N–H and O–H groups in total. The number of halogens is 1. The predicted octanol–water partition coefficient (Wildman–Crippen LogP) is 6.53. The molecule has 3 aromatic rings. The minimum atomic E-state index is -0.444. The van der Waals surface area contributed by atoms with Crippen LogP contribution in [-0.4, -0.2) is 60.1 Å². The number of ether oxygens (including phenoxy) is 2. The Balaban J connectivity index is 1.20. The summed E-state index contributed by atoms with van der Waals surface area (Å²) >= 11 is 1.56. The molecular weight excluding hydrogens is 577 g/mol. The van der Waals surface area contributed by atoms with Gasteiger partial charge in [0.2, 0.25) is 0 Å². The van der Waals surface area contributed by atoms with Crippen molar-refractivity contribution in [1.29, 1.82) is 0 Å². The lowest BCUT2D eigenvalue weighted by molar-refractivity contribution is -0.128. The number of aromatic nitrogens is 1. The van der Waals surface area contributed by atoms with Gasteiger partial charge in [-0.05, 0) is 67.7 Å². The number of nitrogens with zero attached hydrogens (tertiary/aromatic N) is 3. The van der Waals surface area contributed by atoms with Gasteiger partial charge in [0.05, 0.1) is 21.1 Å². The van der Waals surface area contributed by atoms with Crippen LogP contribution in [-0.2, 0) is 16.1 Å². The number of pyridine rings is 1. The normalized spacial score (nSPS) is 16.1. The fourth-order valence-electron chi connectivity index (χ4n) is 5.06. The Bertz CT molecular complexity index is 1490. The number of thiophene rings is 1. The van der Waals surface area contributed by atoms with Crippen molar-refractivity contribution >= 4 is 29.3 Å². The predicted molar refractivity (Wildman–Crippen MR) is 175 cm³/mol. The minimum Gasteiger partial charge on any atom is -0.461 e. The van der Waals surface area contributed by atoms with Crippen molar-refractivity contribution in [3.8, 4) is 16.3 Å². The van der Waals surface area contributed by atoms with Crippen LogP contribution in [0.2, 0.25) is 0 Å². The zero-order chi connectivity index (χ0) is 30.9. The van der Waals surface area contributed by atoms with Crippen LogP contribution in [0.15, 0.2) is 73.1 Å². The summed E-state index contributed by atoms with van der Waals surface area (Å²) < 4.78 is 26.0. The summed E-state index contributed by atoms with van der Waals surface area (Å²) in [5, 5.41) is 0. The van der Waals surface area contributed by atoms with Crippen molar-refractivity contribution < 1.29 is 18.7 Å². The average Bonchev–Trinajstić information content (AvgIpc) is 3.79. The molecule has 2 aromatic heterocycles. The molecule has 0 amide bonds. The second-order valence-electron chi connectivity index (χ2n) is 11.0. The number of hydrazine groups is 1. The molecule has 3 heterocycles. The van der Waals surface area contributed by atoms with Gasteiger partial charge in [-0.2, -0.15) is 0 Å². The van der Waals surface area contributed by atoms with Crippen molar-refractivity contribution in [3.05, 3.63) is 94.9 Å². The van der Waals surface area contributed by atoms with Gasteiger partial charge < -0.3 is 19.8 Å². The molecule has 232 valence electrons.